The van der Waals surface area contributed by atoms with Crippen LogP contribution < -0.4 is 15.8 Å². The van der Waals surface area contributed by atoms with E-state index in [4.69, 9.17) is 10.5 Å². The zero-order valence-corrected chi connectivity index (χ0v) is 10.4. The Balaban J connectivity index is 2.56. The Hall–Kier alpha value is -1.55. The number of carbonyl (C=O) groups excluding carboxylic acids is 1. The van der Waals surface area contributed by atoms with Crippen molar-refractivity contribution in [3.63, 3.8) is 0 Å². The van der Waals surface area contributed by atoms with Crippen LogP contribution in [-0.2, 0) is 4.79 Å². The highest BCUT2D eigenvalue weighted by molar-refractivity contribution is 5.94. The molecule has 0 saturated carbocycles. The van der Waals surface area contributed by atoms with E-state index in [1.165, 1.54) is 0 Å². The number of unbranched alkanes of at least 4 members (excludes halogenated alkanes) is 1. The van der Waals surface area contributed by atoms with Crippen molar-refractivity contribution in [2.45, 2.75) is 32.7 Å². The summed E-state index contributed by atoms with van der Waals surface area (Å²) < 4.78 is 5.55. The zero-order valence-electron chi connectivity index (χ0n) is 10.4. The molecule has 4 heteroatoms. The van der Waals surface area contributed by atoms with E-state index in [-0.39, 0.29) is 5.91 Å². The second-order valence-electron chi connectivity index (χ2n) is 4.01. The van der Waals surface area contributed by atoms with Gasteiger partial charge >= 0.3 is 0 Å². The van der Waals surface area contributed by atoms with Gasteiger partial charge in [-0.1, -0.05) is 19.4 Å². The predicted octanol–water partition coefficient (Wildman–Crippen LogP) is 2.15. The standard InChI is InChI=1S/C13H20N2O2/c1-3-4-8-17-12-7-5-6-11(9-12)15-13(16)10(2)14/h5-7,9-10H,3-4,8,14H2,1-2H3,(H,15,16). The van der Waals surface area contributed by atoms with Gasteiger partial charge < -0.3 is 15.8 Å². The molecule has 0 aliphatic heterocycles. The fourth-order valence-electron chi connectivity index (χ4n) is 1.25. The summed E-state index contributed by atoms with van der Waals surface area (Å²) in [6.45, 7) is 4.46. The lowest BCUT2D eigenvalue weighted by molar-refractivity contribution is -0.117. The normalized spacial score (nSPS) is 11.9. The first kappa shape index (κ1) is 13.5. The van der Waals surface area contributed by atoms with Crippen molar-refractivity contribution < 1.29 is 9.53 Å². The second kappa shape index (κ2) is 6.91. The van der Waals surface area contributed by atoms with E-state index < -0.39 is 6.04 Å². The van der Waals surface area contributed by atoms with E-state index >= 15 is 0 Å². The fourth-order valence-corrected chi connectivity index (χ4v) is 1.25. The molecule has 0 bridgehead atoms. The van der Waals surface area contributed by atoms with E-state index in [2.05, 4.69) is 12.2 Å². The van der Waals surface area contributed by atoms with Gasteiger partial charge in [0.15, 0.2) is 0 Å². The topological polar surface area (TPSA) is 64.3 Å². The van der Waals surface area contributed by atoms with Gasteiger partial charge in [-0.15, -0.1) is 0 Å². The maximum atomic E-state index is 11.4. The van der Waals surface area contributed by atoms with Gasteiger partial charge in [0.1, 0.15) is 5.75 Å². The highest BCUT2D eigenvalue weighted by atomic mass is 16.5. The largest absolute Gasteiger partial charge is 0.494 e. The van der Waals surface area contributed by atoms with Gasteiger partial charge in [0.2, 0.25) is 5.91 Å². The van der Waals surface area contributed by atoms with E-state index in [0.717, 1.165) is 18.6 Å². The Kier molecular flexibility index (Phi) is 5.49. The van der Waals surface area contributed by atoms with Crippen molar-refractivity contribution in [3.8, 4) is 5.75 Å². The number of benzene rings is 1. The Bertz CT molecular complexity index is 364. The molecule has 1 unspecified atom stereocenters. The summed E-state index contributed by atoms with van der Waals surface area (Å²) in [6, 6.07) is 6.82. The summed E-state index contributed by atoms with van der Waals surface area (Å²) in [5.74, 6) is 0.566. The first-order chi connectivity index (χ1) is 8.13. The van der Waals surface area contributed by atoms with E-state index in [1.807, 2.05) is 18.2 Å². The lowest BCUT2D eigenvalue weighted by atomic mass is 10.2. The molecule has 1 rings (SSSR count). The summed E-state index contributed by atoms with van der Waals surface area (Å²) in [5.41, 5.74) is 6.19. The average Bonchev–Trinajstić information content (AvgIpc) is 2.30. The summed E-state index contributed by atoms with van der Waals surface area (Å²) in [6.07, 6.45) is 2.12. The number of nitrogens with one attached hydrogen (secondary N) is 1. The molecule has 0 aliphatic carbocycles. The average molecular weight is 236 g/mol. The molecule has 0 aromatic heterocycles. The van der Waals surface area contributed by atoms with Crippen LogP contribution in [-0.4, -0.2) is 18.6 Å². The van der Waals surface area contributed by atoms with Gasteiger partial charge in [0, 0.05) is 11.8 Å². The van der Waals surface area contributed by atoms with Crippen LogP contribution in [0.5, 0.6) is 5.75 Å². The zero-order chi connectivity index (χ0) is 12.7. The van der Waals surface area contributed by atoms with Gasteiger partial charge in [-0.05, 0) is 25.5 Å². The molecule has 4 nitrogen and oxygen atoms in total. The van der Waals surface area contributed by atoms with Crippen molar-refractivity contribution in [3.05, 3.63) is 24.3 Å². The minimum Gasteiger partial charge on any atom is -0.494 e. The minimum absolute atomic E-state index is 0.198. The second-order valence-corrected chi connectivity index (χ2v) is 4.01. The molecule has 1 aromatic rings. The third-order valence-corrected chi connectivity index (χ3v) is 2.28. The molecule has 0 spiro atoms. The van der Waals surface area contributed by atoms with Crippen LogP contribution >= 0.6 is 0 Å². The Labute approximate surface area is 102 Å². The minimum atomic E-state index is -0.514. The molecule has 0 aliphatic rings. The maximum Gasteiger partial charge on any atom is 0.241 e. The molecule has 1 atom stereocenters. The number of ether oxygens (including phenoxy) is 1. The summed E-state index contributed by atoms with van der Waals surface area (Å²) >= 11 is 0. The molecule has 0 saturated heterocycles. The summed E-state index contributed by atoms with van der Waals surface area (Å²) in [4.78, 5) is 11.4. The summed E-state index contributed by atoms with van der Waals surface area (Å²) in [5, 5.41) is 2.73. The number of anilines is 1. The van der Waals surface area contributed by atoms with Crippen molar-refractivity contribution >= 4 is 11.6 Å². The van der Waals surface area contributed by atoms with Crippen LogP contribution in [0.15, 0.2) is 24.3 Å². The Morgan fingerprint density at radius 2 is 2.29 bits per heavy atom. The molecular formula is C13H20N2O2. The smallest absolute Gasteiger partial charge is 0.241 e. The lowest BCUT2D eigenvalue weighted by Crippen LogP contribution is -2.32. The molecule has 0 fully saturated rings. The molecule has 0 radical (unpaired) electrons. The summed E-state index contributed by atoms with van der Waals surface area (Å²) in [7, 11) is 0. The van der Waals surface area contributed by atoms with Crippen LogP contribution in [0.25, 0.3) is 0 Å². The van der Waals surface area contributed by atoms with Gasteiger partial charge in [-0.2, -0.15) is 0 Å². The van der Waals surface area contributed by atoms with Crippen LogP contribution in [0.3, 0.4) is 0 Å². The highest BCUT2D eigenvalue weighted by Gasteiger charge is 2.07. The molecule has 1 amide bonds. The monoisotopic (exact) mass is 236 g/mol. The van der Waals surface area contributed by atoms with Gasteiger partial charge in [0.05, 0.1) is 12.6 Å². The van der Waals surface area contributed by atoms with Crippen molar-refractivity contribution in [1.82, 2.24) is 0 Å². The van der Waals surface area contributed by atoms with Crippen LogP contribution in [0.1, 0.15) is 26.7 Å². The quantitative estimate of drug-likeness (QED) is 0.744. The van der Waals surface area contributed by atoms with Gasteiger partial charge in [-0.25, -0.2) is 0 Å². The molecular weight excluding hydrogens is 216 g/mol. The van der Waals surface area contributed by atoms with Gasteiger partial charge in [0.25, 0.3) is 0 Å². The number of hydrogen-bond donors (Lipinski definition) is 2. The van der Waals surface area contributed by atoms with E-state index in [0.29, 0.717) is 12.3 Å². The number of nitrogens with two attached hydrogens (primary N) is 1. The maximum absolute atomic E-state index is 11.4. The number of amides is 1. The van der Waals surface area contributed by atoms with Crippen molar-refractivity contribution in [2.24, 2.45) is 5.73 Å². The first-order valence-corrected chi connectivity index (χ1v) is 5.92. The number of rotatable bonds is 6. The van der Waals surface area contributed by atoms with Gasteiger partial charge in [-0.3, -0.25) is 4.79 Å². The number of hydrogen-bond acceptors (Lipinski definition) is 3. The predicted molar refractivity (Wildman–Crippen MR) is 69.1 cm³/mol. The van der Waals surface area contributed by atoms with Crippen LogP contribution in [0, 0.1) is 0 Å². The molecule has 0 heterocycles. The first-order valence-electron chi connectivity index (χ1n) is 5.92. The molecule has 17 heavy (non-hydrogen) atoms. The Morgan fingerprint density at radius 3 is 2.94 bits per heavy atom. The fraction of sp³-hybridized carbons (Fsp3) is 0.462. The third-order valence-electron chi connectivity index (χ3n) is 2.28. The highest BCUT2D eigenvalue weighted by Crippen LogP contribution is 2.17. The molecule has 94 valence electrons. The molecule has 3 N–H and O–H groups in total. The number of carbonyl (C=O) groups is 1. The SMILES string of the molecule is CCCCOc1cccc(NC(=O)C(C)N)c1. The van der Waals surface area contributed by atoms with Crippen LogP contribution in [0.4, 0.5) is 5.69 Å². The van der Waals surface area contributed by atoms with E-state index in [9.17, 15) is 4.79 Å². The van der Waals surface area contributed by atoms with Crippen molar-refractivity contribution in [2.75, 3.05) is 11.9 Å². The van der Waals surface area contributed by atoms with Crippen LogP contribution in [0.2, 0.25) is 0 Å². The third kappa shape index (κ3) is 4.87. The van der Waals surface area contributed by atoms with E-state index in [1.54, 1.807) is 13.0 Å². The molecule has 1 aromatic carbocycles. The Morgan fingerprint density at radius 1 is 1.53 bits per heavy atom. The van der Waals surface area contributed by atoms with Crippen molar-refractivity contribution in [1.29, 1.82) is 0 Å². The lowest BCUT2D eigenvalue weighted by Gasteiger charge is -2.10.